The van der Waals surface area contributed by atoms with E-state index in [1.54, 1.807) is 29.2 Å². The molecule has 0 bridgehead atoms. The minimum absolute atomic E-state index is 0.274. The van der Waals surface area contributed by atoms with Crippen molar-refractivity contribution in [3.05, 3.63) is 70.9 Å². The lowest BCUT2D eigenvalue weighted by atomic mass is 10.2. The zero-order valence-electron chi connectivity index (χ0n) is 11.0. The third-order valence-corrected chi connectivity index (χ3v) is 3.42. The Kier molecular flexibility index (Phi) is 3.87. The number of amides is 1. The highest BCUT2D eigenvalue weighted by Gasteiger charge is 2.09. The SMILES string of the molecule is O=C(Nc1cnn(Cc2ccc(Br)cc2)c1)c1ccco1. The molecule has 1 aromatic carbocycles. The summed E-state index contributed by atoms with van der Waals surface area (Å²) in [4.78, 5) is 11.8. The maximum Gasteiger partial charge on any atom is 0.291 e. The average molecular weight is 346 g/mol. The zero-order chi connectivity index (χ0) is 14.7. The molecule has 106 valence electrons. The summed E-state index contributed by atoms with van der Waals surface area (Å²) in [7, 11) is 0. The van der Waals surface area contributed by atoms with E-state index in [2.05, 4.69) is 26.3 Å². The maximum atomic E-state index is 11.8. The molecule has 0 unspecified atom stereocenters. The van der Waals surface area contributed by atoms with Crippen molar-refractivity contribution in [2.45, 2.75) is 6.54 Å². The Morgan fingerprint density at radius 2 is 2.10 bits per heavy atom. The minimum atomic E-state index is -0.289. The van der Waals surface area contributed by atoms with Crippen molar-refractivity contribution in [1.29, 1.82) is 0 Å². The fraction of sp³-hybridized carbons (Fsp3) is 0.0667. The molecule has 2 aromatic heterocycles. The van der Waals surface area contributed by atoms with Crippen LogP contribution in [0.4, 0.5) is 5.69 Å². The van der Waals surface area contributed by atoms with Crippen molar-refractivity contribution in [1.82, 2.24) is 9.78 Å². The first-order chi connectivity index (χ1) is 10.2. The van der Waals surface area contributed by atoms with Crippen LogP contribution in [0, 0.1) is 0 Å². The first kappa shape index (κ1) is 13.6. The second-order valence-corrected chi connectivity index (χ2v) is 5.40. The first-order valence-corrected chi connectivity index (χ1v) is 7.12. The second kappa shape index (κ2) is 5.97. The number of benzene rings is 1. The molecule has 0 aliphatic rings. The molecule has 0 saturated carbocycles. The number of furan rings is 1. The van der Waals surface area contributed by atoms with Gasteiger partial charge >= 0.3 is 0 Å². The molecule has 0 fully saturated rings. The van der Waals surface area contributed by atoms with Gasteiger partial charge in [-0.25, -0.2) is 0 Å². The molecule has 1 N–H and O–H groups in total. The fourth-order valence-corrected chi connectivity index (χ4v) is 2.16. The third kappa shape index (κ3) is 3.41. The Morgan fingerprint density at radius 3 is 2.81 bits per heavy atom. The van der Waals surface area contributed by atoms with Gasteiger partial charge in [-0.2, -0.15) is 5.10 Å². The van der Waals surface area contributed by atoms with Crippen molar-refractivity contribution in [3.63, 3.8) is 0 Å². The van der Waals surface area contributed by atoms with E-state index >= 15 is 0 Å². The molecule has 2 heterocycles. The van der Waals surface area contributed by atoms with E-state index in [1.807, 2.05) is 24.3 Å². The van der Waals surface area contributed by atoms with Crippen LogP contribution in [0.1, 0.15) is 16.1 Å². The van der Waals surface area contributed by atoms with E-state index in [4.69, 9.17) is 4.42 Å². The summed E-state index contributed by atoms with van der Waals surface area (Å²) in [6.07, 6.45) is 4.86. The second-order valence-electron chi connectivity index (χ2n) is 4.48. The Morgan fingerprint density at radius 1 is 1.29 bits per heavy atom. The maximum absolute atomic E-state index is 11.8. The zero-order valence-corrected chi connectivity index (χ0v) is 12.6. The summed E-state index contributed by atoms with van der Waals surface area (Å²) in [6.45, 7) is 0.643. The minimum Gasteiger partial charge on any atom is -0.459 e. The first-order valence-electron chi connectivity index (χ1n) is 6.32. The molecule has 0 atom stereocenters. The number of anilines is 1. The van der Waals surface area contributed by atoms with Crippen LogP contribution >= 0.6 is 15.9 Å². The van der Waals surface area contributed by atoms with Gasteiger partial charge in [0, 0.05) is 10.7 Å². The number of carbonyl (C=O) groups is 1. The Labute approximate surface area is 129 Å². The number of halogens is 1. The van der Waals surface area contributed by atoms with Gasteiger partial charge in [0.1, 0.15) is 0 Å². The van der Waals surface area contributed by atoms with Gasteiger partial charge in [-0.1, -0.05) is 28.1 Å². The molecule has 6 heteroatoms. The number of rotatable bonds is 4. The van der Waals surface area contributed by atoms with E-state index in [1.165, 1.54) is 6.26 Å². The molecular formula is C15H12BrN3O2. The molecule has 1 amide bonds. The van der Waals surface area contributed by atoms with Gasteiger partial charge in [0.2, 0.25) is 0 Å². The van der Waals surface area contributed by atoms with E-state index in [9.17, 15) is 4.79 Å². The summed E-state index contributed by atoms with van der Waals surface area (Å²) in [5.41, 5.74) is 1.76. The standard InChI is InChI=1S/C15H12BrN3O2/c16-12-5-3-11(4-6-12)9-19-10-13(8-17-19)18-15(20)14-2-1-7-21-14/h1-8,10H,9H2,(H,18,20). The highest BCUT2D eigenvalue weighted by molar-refractivity contribution is 9.10. The van der Waals surface area contributed by atoms with E-state index < -0.39 is 0 Å². The van der Waals surface area contributed by atoms with Crippen LogP contribution in [-0.2, 0) is 6.54 Å². The van der Waals surface area contributed by atoms with E-state index in [-0.39, 0.29) is 11.7 Å². The third-order valence-electron chi connectivity index (χ3n) is 2.89. The van der Waals surface area contributed by atoms with Crippen LogP contribution < -0.4 is 5.32 Å². The van der Waals surface area contributed by atoms with Crippen LogP contribution in [0.5, 0.6) is 0 Å². The summed E-state index contributed by atoms with van der Waals surface area (Å²) in [6, 6.07) is 11.3. The smallest absolute Gasteiger partial charge is 0.291 e. The van der Waals surface area contributed by atoms with Crippen LogP contribution in [-0.4, -0.2) is 15.7 Å². The predicted molar refractivity (Wildman–Crippen MR) is 82.1 cm³/mol. The van der Waals surface area contributed by atoms with Gasteiger partial charge < -0.3 is 9.73 Å². The molecule has 0 saturated heterocycles. The highest BCUT2D eigenvalue weighted by atomic mass is 79.9. The molecule has 0 spiro atoms. The van der Waals surface area contributed by atoms with Gasteiger partial charge in [0.05, 0.1) is 24.7 Å². The molecule has 0 aliphatic carbocycles. The van der Waals surface area contributed by atoms with Crippen molar-refractivity contribution in [3.8, 4) is 0 Å². The van der Waals surface area contributed by atoms with Crippen LogP contribution in [0.15, 0.2) is 63.9 Å². The van der Waals surface area contributed by atoms with Crippen molar-refractivity contribution in [2.75, 3.05) is 5.32 Å². The molecular weight excluding hydrogens is 334 g/mol. The van der Waals surface area contributed by atoms with E-state index in [0.29, 0.717) is 12.2 Å². The Hall–Kier alpha value is -2.34. The Bertz CT molecular complexity index is 733. The molecule has 3 aromatic rings. The number of nitrogens with one attached hydrogen (secondary N) is 1. The van der Waals surface area contributed by atoms with Gasteiger partial charge in [-0.05, 0) is 29.8 Å². The molecule has 5 nitrogen and oxygen atoms in total. The van der Waals surface area contributed by atoms with Crippen molar-refractivity contribution in [2.24, 2.45) is 0 Å². The number of hydrogen-bond donors (Lipinski definition) is 1. The summed E-state index contributed by atoms with van der Waals surface area (Å²) < 4.78 is 7.84. The number of carbonyl (C=O) groups excluding carboxylic acids is 1. The average Bonchev–Trinajstić information content (AvgIpc) is 3.13. The summed E-state index contributed by atoms with van der Waals surface area (Å²) in [5, 5.41) is 6.96. The summed E-state index contributed by atoms with van der Waals surface area (Å²) in [5.74, 6) is -0.0150. The van der Waals surface area contributed by atoms with Gasteiger partial charge in [-0.15, -0.1) is 0 Å². The van der Waals surface area contributed by atoms with Crippen molar-refractivity contribution >= 4 is 27.5 Å². The van der Waals surface area contributed by atoms with Gasteiger partial charge in [0.25, 0.3) is 5.91 Å². The number of nitrogens with zero attached hydrogens (tertiary/aromatic N) is 2. The molecule has 3 rings (SSSR count). The Balaban J connectivity index is 1.66. The normalized spacial score (nSPS) is 10.5. The number of aromatic nitrogens is 2. The van der Waals surface area contributed by atoms with Crippen LogP contribution in [0.3, 0.4) is 0 Å². The van der Waals surface area contributed by atoms with Crippen molar-refractivity contribution < 1.29 is 9.21 Å². The highest BCUT2D eigenvalue weighted by Crippen LogP contribution is 2.13. The largest absolute Gasteiger partial charge is 0.459 e. The van der Waals surface area contributed by atoms with Crippen LogP contribution in [0.2, 0.25) is 0 Å². The molecule has 0 aliphatic heterocycles. The van der Waals surface area contributed by atoms with Gasteiger partial charge in [-0.3, -0.25) is 9.48 Å². The molecule has 0 radical (unpaired) electrons. The summed E-state index contributed by atoms with van der Waals surface area (Å²) >= 11 is 3.40. The fourth-order valence-electron chi connectivity index (χ4n) is 1.89. The van der Waals surface area contributed by atoms with E-state index in [0.717, 1.165) is 10.0 Å². The predicted octanol–water partition coefficient (Wildman–Crippen LogP) is 3.54. The lowest BCUT2D eigenvalue weighted by molar-refractivity contribution is 0.0996. The topological polar surface area (TPSA) is 60.1 Å². The number of hydrogen-bond acceptors (Lipinski definition) is 3. The quantitative estimate of drug-likeness (QED) is 0.786. The van der Waals surface area contributed by atoms with Gasteiger partial charge in [0.15, 0.2) is 5.76 Å². The molecule has 21 heavy (non-hydrogen) atoms. The lowest BCUT2D eigenvalue weighted by Gasteiger charge is -2.02. The van der Waals surface area contributed by atoms with Crippen LogP contribution in [0.25, 0.3) is 0 Å². The lowest BCUT2D eigenvalue weighted by Crippen LogP contribution is -2.10. The monoisotopic (exact) mass is 345 g/mol.